The van der Waals surface area contributed by atoms with E-state index in [1.165, 1.54) is 0 Å². The van der Waals surface area contributed by atoms with E-state index in [4.69, 9.17) is 0 Å². The quantitative estimate of drug-likeness (QED) is 0.686. The Balaban J connectivity index is 2.38. The molecule has 14 heavy (non-hydrogen) atoms. The topological polar surface area (TPSA) is 35.6 Å². The Morgan fingerprint density at radius 3 is 1.71 bits per heavy atom. The highest BCUT2D eigenvalue weighted by Crippen LogP contribution is 2.03. The maximum atomic E-state index is 4.24. The van der Waals surface area contributed by atoms with Gasteiger partial charge in [0.1, 0.15) is 0 Å². The first-order valence-corrected chi connectivity index (χ1v) is 6.88. The van der Waals surface area contributed by atoms with E-state index in [9.17, 15) is 0 Å². The molecule has 0 aromatic carbocycles. The van der Waals surface area contributed by atoms with Crippen molar-refractivity contribution in [1.29, 1.82) is 0 Å². The molecule has 0 fully saturated rings. The molecule has 74 valence electrons. The van der Waals surface area contributed by atoms with Crippen LogP contribution in [0.5, 0.6) is 0 Å². The van der Waals surface area contributed by atoms with Crippen LogP contribution in [0, 0.1) is 13.8 Å². The number of aryl methyl sites for hydroxylation is 2. The molecule has 0 atom stereocenters. The summed E-state index contributed by atoms with van der Waals surface area (Å²) in [6.45, 7) is 6.34. The van der Waals surface area contributed by atoms with E-state index in [2.05, 4.69) is 25.0 Å². The van der Waals surface area contributed by atoms with Crippen molar-refractivity contribution < 1.29 is 0 Å². The third kappa shape index (κ3) is 1.39. The van der Waals surface area contributed by atoms with Crippen LogP contribution in [0.25, 0.3) is 0 Å². The molecule has 5 heteroatoms. The summed E-state index contributed by atoms with van der Waals surface area (Å²) >= 11 is 0. The van der Waals surface area contributed by atoms with E-state index in [0.29, 0.717) is 0 Å². The van der Waals surface area contributed by atoms with Gasteiger partial charge in [0, 0.05) is 24.8 Å². The molecule has 0 unspecified atom stereocenters. The number of hydrogen-bond donors (Lipinski definition) is 0. The normalized spacial score (nSPS) is 11.1. The van der Waals surface area contributed by atoms with Crippen LogP contribution in [0.4, 0.5) is 0 Å². The number of rotatable bonds is 2. The monoisotopic (exact) mass is 206 g/mol. The summed E-state index contributed by atoms with van der Waals surface area (Å²) in [4.78, 5) is 8.48. The molecule has 0 aliphatic heterocycles. The largest absolute Gasteiger partial charge is 0.346 e. The second kappa shape index (κ2) is 3.41. The molecule has 2 aromatic heterocycles. The zero-order chi connectivity index (χ0) is 10.1. The fourth-order valence-electron chi connectivity index (χ4n) is 1.70. The van der Waals surface area contributed by atoms with Crippen LogP contribution in [0.15, 0.2) is 24.8 Å². The Labute approximate surface area is 85.0 Å². The first kappa shape index (κ1) is 9.20. The molecule has 0 saturated heterocycles. The maximum Gasteiger partial charge on any atom is 0.254 e. The average Bonchev–Trinajstić information content (AvgIpc) is 2.73. The minimum atomic E-state index is -1.19. The summed E-state index contributed by atoms with van der Waals surface area (Å²) in [5.41, 5.74) is 0. The van der Waals surface area contributed by atoms with Gasteiger partial charge in [0.15, 0.2) is 0 Å². The molecule has 2 heterocycles. The van der Waals surface area contributed by atoms with Crippen molar-refractivity contribution in [2.75, 3.05) is 0 Å². The standard InChI is InChI=1S/C9H14N4Si/c1-8-10-4-6-12(8)14(3)13-7-5-11-9(13)2/h4-7,14H,1-3H3. The van der Waals surface area contributed by atoms with Crippen molar-refractivity contribution in [1.82, 2.24) is 18.4 Å². The number of hydrogen-bond acceptors (Lipinski definition) is 2. The van der Waals surface area contributed by atoms with Gasteiger partial charge in [-0.25, -0.2) is 9.97 Å². The van der Waals surface area contributed by atoms with Crippen molar-refractivity contribution >= 4 is 9.12 Å². The summed E-state index contributed by atoms with van der Waals surface area (Å²) in [5.74, 6) is 2.16. The van der Waals surface area contributed by atoms with Gasteiger partial charge in [0.05, 0.1) is 11.6 Å². The average molecular weight is 206 g/mol. The van der Waals surface area contributed by atoms with Gasteiger partial charge in [0.2, 0.25) is 0 Å². The molecule has 2 rings (SSSR count). The molecular formula is C9H14N4Si. The molecule has 0 radical (unpaired) electrons. The van der Waals surface area contributed by atoms with E-state index in [0.717, 1.165) is 11.6 Å². The Morgan fingerprint density at radius 1 is 1.00 bits per heavy atom. The van der Waals surface area contributed by atoms with Crippen molar-refractivity contribution in [2.45, 2.75) is 20.4 Å². The number of nitrogens with zero attached hydrogens (tertiary/aromatic N) is 4. The summed E-state index contributed by atoms with van der Waals surface area (Å²) in [6, 6.07) is 0. The van der Waals surface area contributed by atoms with Gasteiger partial charge < -0.3 is 8.47 Å². The lowest BCUT2D eigenvalue weighted by Gasteiger charge is -2.15. The summed E-state index contributed by atoms with van der Waals surface area (Å²) in [7, 11) is -1.19. The smallest absolute Gasteiger partial charge is 0.254 e. The van der Waals surface area contributed by atoms with Gasteiger partial charge in [-0.15, -0.1) is 0 Å². The summed E-state index contributed by atoms with van der Waals surface area (Å²) in [5, 5.41) is 0. The van der Waals surface area contributed by atoms with Crippen LogP contribution >= 0.6 is 0 Å². The fourth-order valence-corrected chi connectivity index (χ4v) is 3.83. The van der Waals surface area contributed by atoms with Gasteiger partial charge in [-0.05, 0) is 20.4 Å². The minimum absolute atomic E-state index is 1.08. The predicted octanol–water partition coefficient (Wildman–Crippen LogP) is 0.943. The van der Waals surface area contributed by atoms with Crippen LogP contribution in [0.2, 0.25) is 6.55 Å². The van der Waals surface area contributed by atoms with Crippen molar-refractivity contribution in [3.63, 3.8) is 0 Å². The lowest BCUT2D eigenvalue weighted by atomic mass is 10.8. The van der Waals surface area contributed by atoms with Crippen molar-refractivity contribution in [3.8, 4) is 0 Å². The zero-order valence-electron chi connectivity index (χ0n) is 8.68. The fraction of sp³-hybridized carbons (Fsp3) is 0.333. The minimum Gasteiger partial charge on any atom is -0.346 e. The molecule has 2 aromatic rings. The van der Waals surface area contributed by atoms with Gasteiger partial charge >= 0.3 is 0 Å². The number of aromatic nitrogens is 4. The molecule has 0 amide bonds. The third-order valence-electron chi connectivity index (χ3n) is 2.53. The summed E-state index contributed by atoms with van der Waals surface area (Å²) < 4.78 is 4.52. The second-order valence-corrected chi connectivity index (χ2v) is 5.77. The molecule has 0 saturated carbocycles. The van der Waals surface area contributed by atoms with Crippen LogP contribution in [0.1, 0.15) is 11.6 Å². The number of imidazole rings is 2. The second-order valence-electron chi connectivity index (χ2n) is 3.40. The van der Waals surface area contributed by atoms with E-state index in [-0.39, 0.29) is 0 Å². The molecule has 0 spiro atoms. The Bertz CT molecular complexity index is 391. The Kier molecular flexibility index (Phi) is 2.24. The Hall–Kier alpha value is -1.36. The first-order valence-electron chi connectivity index (χ1n) is 4.69. The van der Waals surface area contributed by atoms with Gasteiger partial charge in [0.25, 0.3) is 9.12 Å². The predicted molar refractivity (Wildman–Crippen MR) is 57.7 cm³/mol. The SMILES string of the molecule is Cc1nccn1[SiH](C)n1ccnc1C. The molecule has 0 bridgehead atoms. The van der Waals surface area contributed by atoms with Gasteiger partial charge in [-0.2, -0.15) is 0 Å². The lowest BCUT2D eigenvalue weighted by Crippen LogP contribution is -2.30. The highest BCUT2D eigenvalue weighted by Gasteiger charge is 2.12. The molecule has 0 N–H and O–H groups in total. The van der Waals surface area contributed by atoms with Gasteiger partial charge in [-0.3, -0.25) is 0 Å². The van der Waals surface area contributed by atoms with Crippen LogP contribution in [-0.4, -0.2) is 27.6 Å². The van der Waals surface area contributed by atoms with Crippen molar-refractivity contribution in [3.05, 3.63) is 36.4 Å². The molecular weight excluding hydrogens is 192 g/mol. The molecule has 0 aliphatic carbocycles. The summed E-state index contributed by atoms with van der Waals surface area (Å²) in [6.07, 6.45) is 7.80. The zero-order valence-corrected chi connectivity index (χ0v) is 9.83. The lowest BCUT2D eigenvalue weighted by molar-refractivity contribution is 0.958. The van der Waals surface area contributed by atoms with E-state index < -0.39 is 9.12 Å². The van der Waals surface area contributed by atoms with Crippen LogP contribution < -0.4 is 0 Å². The third-order valence-corrected chi connectivity index (χ3v) is 5.23. The Morgan fingerprint density at radius 2 is 1.43 bits per heavy atom. The van der Waals surface area contributed by atoms with E-state index in [1.807, 2.05) is 38.6 Å². The van der Waals surface area contributed by atoms with Crippen LogP contribution in [-0.2, 0) is 0 Å². The highest BCUT2D eigenvalue weighted by atomic mass is 28.3. The first-order chi connectivity index (χ1) is 6.70. The maximum absolute atomic E-state index is 4.24. The molecule has 4 nitrogen and oxygen atoms in total. The molecule has 0 aliphatic rings. The van der Waals surface area contributed by atoms with Crippen LogP contribution in [0.3, 0.4) is 0 Å². The van der Waals surface area contributed by atoms with E-state index >= 15 is 0 Å². The van der Waals surface area contributed by atoms with Gasteiger partial charge in [-0.1, -0.05) is 0 Å². The highest BCUT2D eigenvalue weighted by molar-refractivity contribution is 6.54. The van der Waals surface area contributed by atoms with E-state index in [1.54, 1.807) is 0 Å². The van der Waals surface area contributed by atoms with Crippen molar-refractivity contribution in [2.24, 2.45) is 0 Å².